The van der Waals surface area contributed by atoms with Crippen molar-refractivity contribution in [3.63, 3.8) is 0 Å². The molecule has 0 radical (unpaired) electrons. The molecule has 1 aliphatic rings. The topological polar surface area (TPSA) is 42.4 Å². The number of nitrogens with zero attached hydrogens (tertiary/aromatic N) is 2. The Morgan fingerprint density at radius 2 is 2.35 bits per heavy atom. The smallest absolute Gasteiger partial charge is 0.328 e. The standard InChI is InChI=1S/C17H19FN2O2S/c1-3-22-17(21)16-15-5-4-13(18)8-12(15)6-7-20(16)9-14-10-23-11(2)19-14/h4-5,8,10,16H,3,6-7,9H2,1-2H3. The molecule has 0 spiro atoms. The summed E-state index contributed by atoms with van der Waals surface area (Å²) in [5.41, 5.74) is 2.67. The molecule has 2 aromatic rings. The van der Waals surface area contributed by atoms with Crippen LogP contribution in [0.25, 0.3) is 0 Å². The third kappa shape index (κ3) is 3.43. The first kappa shape index (κ1) is 16.1. The van der Waals surface area contributed by atoms with Crippen LogP contribution in [0.5, 0.6) is 0 Å². The van der Waals surface area contributed by atoms with Gasteiger partial charge in [0, 0.05) is 18.5 Å². The third-order valence-electron chi connectivity index (χ3n) is 3.97. The molecule has 2 heterocycles. The molecule has 0 fully saturated rings. The summed E-state index contributed by atoms with van der Waals surface area (Å²) >= 11 is 1.60. The number of thiazole rings is 1. The van der Waals surface area contributed by atoms with E-state index in [-0.39, 0.29) is 11.8 Å². The highest BCUT2D eigenvalue weighted by Crippen LogP contribution is 2.32. The number of fused-ring (bicyclic) bond motifs is 1. The van der Waals surface area contributed by atoms with Gasteiger partial charge in [0.15, 0.2) is 0 Å². The van der Waals surface area contributed by atoms with Crippen LogP contribution in [0.1, 0.15) is 34.8 Å². The average molecular weight is 334 g/mol. The Bertz CT molecular complexity index is 716. The molecule has 0 aliphatic carbocycles. The molecular formula is C17H19FN2O2S. The lowest BCUT2D eigenvalue weighted by molar-refractivity contribution is -0.150. The monoisotopic (exact) mass is 334 g/mol. The van der Waals surface area contributed by atoms with Crippen molar-refractivity contribution in [2.75, 3.05) is 13.2 Å². The molecule has 4 nitrogen and oxygen atoms in total. The number of aryl methyl sites for hydroxylation is 1. The van der Waals surface area contributed by atoms with Gasteiger partial charge in [0.1, 0.15) is 11.9 Å². The summed E-state index contributed by atoms with van der Waals surface area (Å²) in [5.74, 6) is -0.554. The van der Waals surface area contributed by atoms with Gasteiger partial charge in [-0.1, -0.05) is 6.07 Å². The van der Waals surface area contributed by atoms with Gasteiger partial charge in [-0.05, 0) is 43.5 Å². The zero-order chi connectivity index (χ0) is 16.4. The van der Waals surface area contributed by atoms with Crippen LogP contribution in [0, 0.1) is 12.7 Å². The molecule has 1 aliphatic heterocycles. The number of carbonyl (C=O) groups is 1. The quantitative estimate of drug-likeness (QED) is 0.805. The van der Waals surface area contributed by atoms with Crippen molar-refractivity contribution >= 4 is 17.3 Å². The van der Waals surface area contributed by atoms with E-state index >= 15 is 0 Å². The molecule has 0 saturated heterocycles. The number of hydrogen-bond acceptors (Lipinski definition) is 5. The van der Waals surface area contributed by atoms with Gasteiger partial charge in [0.25, 0.3) is 0 Å². The third-order valence-corrected chi connectivity index (χ3v) is 4.80. The van der Waals surface area contributed by atoms with Crippen LogP contribution in [0.2, 0.25) is 0 Å². The number of rotatable bonds is 4. The van der Waals surface area contributed by atoms with Gasteiger partial charge in [0.2, 0.25) is 0 Å². The fourth-order valence-electron chi connectivity index (χ4n) is 3.00. The number of halogens is 1. The van der Waals surface area contributed by atoms with Gasteiger partial charge in [0.05, 0.1) is 17.3 Å². The predicted octanol–water partition coefficient (Wildman–Crippen LogP) is 3.25. The largest absolute Gasteiger partial charge is 0.465 e. The summed E-state index contributed by atoms with van der Waals surface area (Å²) in [7, 11) is 0. The zero-order valence-electron chi connectivity index (χ0n) is 13.2. The van der Waals surface area contributed by atoms with Crippen molar-refractivity contribution in [1.82, 2.24) is 9.88 Å². The maximum absolute atomic E-state index is 13.5. The van der Waals surface area contributed by atoms with Gasteiger partial charge in [-0.15, -0.1) is 11.3 Å². The van der Waals surface area contributed by atoms with Crippen molar-refractivity contribution in [3.05, 3.63) is 51.2 Å². The van der Waals surface area contributed by atoms with Crippen LogP contribution in [0.15, 0.2) is 23.6 Å². The molecule has 1 unspecified atom stereocenters. The SMILES string of the molecule is CCOC(=O)C1c2ccc(F)cc2CCN1Cc1csc(C)n1. The Labute approximate surface area is 138 Å². The molecule has 0 N–H and O–H groups in total. The fraction of sp³-hybridized carbons (Fsp3) is 0.412. The molecule has 1 atom stereocenters. The van der Waals surface area contributed by atoms with Gasteiger partial charge >= 0.3 is 5.97 Å². The minimum atomic E-state index is -0.499. The highest BCUT2D eigenvalue weighted by molar-refractivity contribution is 7.09. The highest BCUT2D eigenvalue weighted by atomic mass is 32.1. The van der Waals surface area contributed by atoms with Crippen LogP contribution in [0.3, 0.4) is 0 Å². The Hall–Kier alpha value is -1.79. The normalized spacial score (nSPS) is 17.8. The Morgan fingerprint density at radius 1 is 1.52 bits per heavy atom. The van der Waals surface area contributed by atoms with E-state index in [0.717, 1.165) is 21.8 Å². The van der Waals surface area contributed by atoms with Crippen molar-refractivity contribution in [2.45, 2.75) is 32.9 Å². The Balaban J connectivity index is 1.92. The van der Waals surface area contributed by atoms with E-state index in [1.807, 2.05) is 12.3 Å². The van der Waals surface area contributed by atoms with Crippen LogP contribution >= 0.6 is 11.3 Å². The maximum Gasteiger partial charge on any atom is 0.328 e. The van der Waals surface area contributed by atoms with Crippen molar-refractivity contribution < 1.29 is 13.9 Å². The van der Waals surface area contributed by atoms with E-state index in [2.05, 4.69) is 9.88 Å². The number of ether oxygens (including phenoxy) is 1. The first-order valence-electron chi connectivity index (χ1n) is 7.68. The lowest BCUT2D eigenvalue weighted by Gasteiger charge is -2.35. The molecule has 1 aromatic carbocycles. The molecule has 3 rings (SSSR count). The van der Waals surface area contributed by atoms with Crippen molar-refractivity contribution in [2.24, 2.45) is 0 Å². The van der Waals surface area contributed by atoms with E-state index < -0.39 is 6.04 Å². The van der Waals surface area contributed by atoms with Gasteiger partial charge in [-0.25, -0.2) is 14.2 Å². The second kappa shape index (κ2) is 6.76. The van der Waals surface area contributed by atoms with Crippen LogP contribution in [0.4, 0.5) is 4.39 Å². The Morgan fingerprint density at radius 3 is 3.04 bits per heavy atom. The predicted molar refractivity (Wildman–Crippen MR) is 86.7 cm³/mol. The van der Waals surface area contributed by atoms with E-state index in [4.69, 9.17) is 4.74 Å². The summed E-state index contributed by atoms with van der Waals surface area (Å²) in [6, 6.07) is 4.12. The molecular weight excluding hydrogens is 315 g/mol. The molecule has 0 bridgehead atoms. The van der Waals surface area contributed by atoms with Crippen LogP contribution < -0.4 is 0 Å². The maximum atomic E-state index is 13.5. The van der Waals surface area contributed by atoms with E-state index in [0.29, 0.717) is 26.1 Å². The van der Waals surface area contributed by atoms with Gasteiger partial charge in [-0.2, -0.15) is 0 Å². The van der Waals surface area contributed by atoms with Gasteiger partial charge in [-0.3, -0.25) is 4.90 Å². The first-order chi connectivity index (χ1) is 11.1. The summed E-state index contributed by atoms with van der Waals surface area (Å²) in [6.45, 7) is 5.35. The minimum absolute atomic E-state index is 0.269. The van der Waals surface area contributed by atoms with E-state index in [9.17, 15) is 9.18 Å². The number of esters is 1. The van der Waals surface area contributed by atoms with E-state index in [1.54, 1.807) is 24.3 Å². The van der Waals surface area contributed by atoms with E-state index in [1.165, 1.54) is 12.1 Å². The summed E-state index contributed by atoms with van der Waals surface area (Å²) in [5, 5.41) is 3.02. The lowest BCUT2D eigenvalue weighted by Crippen LogP contribution is -2.40. The molecule has 1 aromatic heterocycles. The second-order valence-corrected chi connectivity index (χ2v) is 6.64. The number of carbonyl (C=O) groups excluding carboxylic acids is 1. The average Bonchev–Trinajstić information content (AvgIpc) is 2.92. The number of hydrogen-bond donors (Lipinski definition) is 0. The minimum Gasteiger partial charge on any atom is -0.465 e. The van der Waals surface area contributed by atoms with Crippen LogP contribution in [-0.2, 0) is 22.5 Å². The fourth-order valence-corrected chi connectivity index (χ4v) is 3.61. The molecule has 23 heavy (non-hydrogen) atoms. The summed E-state index contributed by atoms with van der Waals surface area (Å²) < 4.78 is 18.7. The molecule has 122 valence electrons. The first-order valence-corrected chi connectivity index (χ1v) is 8.56. The van der Waals surface area contributed by atoms with Crippen molar-refractivity contribution in [3.8, 4) is 0 Å². The van der Waals surface area contributed by atoms with Crippen LogP contribution in [-0.4, -0.2) is 29.0 Å². The molecule has 6 heteroatoms. The molecule has 0 amide bonds. The summed E-state index contributed by atoms with van der Waals surface area (Å²) in [6.07, 6.45) is 0.714. The molecule has 0 saturated carbocycles. The summed E-state index contributed by atoms with van der Waals surface area (Å²) in [4.78, 5) is 19.0. The number of aromatic nitrogens is 1. The van der Waals surface area contributed by atoms with Crippen molar-refractivity contribution in [1.29, 1.82) is 0 Å². The lowest BCUT2D eigenvalue weighted by atomic mass is 9.92. The van der Waals surface area contributed by atoms with Gasteiger partial charge < -0.3 is 4.74 Å². The zero-order valence-corrected chi connectivity index (χ0v) is 14.0. The second-order valence-electron chi connectivity index (χ2n) is 5.58. The highest BCUT2D eigenvalue weighted by Gasteiger charge is 2.34. The number of benzene rings is 1. The Kier molecular flexibility index (Phi) is 4.73.